The molecule has 0 aliphatic heterocycles. The number of aryl methyl sites for hydroxylation is 1. The largest absolute Gasteiger partial charge is 0.319 e. The molecule has 1 aromatic heterocycles. The van der Waals surface area contributed by atoms with Crippen molar-refractivity contribution in [2.45, 2.75) is 20.3 Å². The van der Waals surface area contributed by atoms with Crippen molar-refractivity contribution in [3.05, 3.63) is 20.3 Å². The summed E-state index contributed by atoms with van der Waals surface area (Å²) in [5.74, 6) is 0. The molecule has 0 saturated heterocycles. The van der Waals surface area contributed by atoms with Gasteiger partial charge in [0.2, 0.25) is 0 Å². The highest BCUT2D eigenvalue weighted by atomic mass is 35.5. The van der Waals surface area contributed by atoms with Crippen LogP contribution in [0.3, 0.4) is 0 Å². The standard InChI is InChI=1S/C9H14ClNS/c1-6-8(4-5-11-3)12-7(2)9(6)10/h11H,4-5H2,1-3H3. The first-order valence-corrected chi connectivity index (χ1v) is 5.25. The third-order valence-electron chi connectivity index (χ3n) is 1.93. The molecule has 0 unspecified atom stereocenters. The fourth-order valence-corrected chi connectivity index (χ4v) is 2.53. The zero-order valence-corrected chi connectivity index (χ0v) is 9.27. The molecule has 0 aliphatic carbocycles. The lowest BCUT2D eigenvalue weighted by Gasteiger charge is -1.97. The Labute approximate surface area is 82.7 Å². The van der Waals surface area contributed by atoms with E-state index in [4.69, 9.17) is 11.6 Å². The number of hydrogen-bond acceptors (Lipinski definition) is 2. The molecule has 0 bridgehead atoms. The van der Waals surface area contributed by atoms with Crippen LogP contribution in [0.25, 0.3) is 0 Å². The topological polar surface area (TPSA) is 12.0 Å². The molecule has 1 N–H and O–H groups in total. The van der Waals surface area contributed by atoms with Gasteiger partial charge in [0.25, 0.3) is 0 Å². The summed E-state index contributed by atoms with van der Waals surface area (Å²) in [5, 5.41) is 4.09. The van der Waals surface area contributed by atoms with Crippen LogP contribution in [-0.2, 0) is 6.42 Å². The van der Waals surface area contributed by atoms with E-state index < -0.39 is 0 Å². The SMILES string of the molecule is CNCCc1sc(C)c(Cl)c1C. The first-order valence-electron chi connectivity index (χ1n) is 4.05. The Morgan fingerprint density at radius 1 is 1.42 bits per heavy atom. The van der Waals surface area contributed by atoms with Crippen LogP contribution >= 0.6 is 22.9 Å². The van der Waals surface area contributed by atoms with E-state index in [9.17, 15) is 0 Å². The molecule has 12 heavy (non-hydrogen) atoms. The molecule has 1 aromatic rings. The summed E-state index contributed by atoms with van der Waals surface area (Å²) in [6, 6.07) is 0. The average molecular weight is 204 g/mol. The van der Waals surface area contributed by atoms with Crippen molar-refractivity contribution >= 4 is 22.9 Å². The molecule has 0 amide bonds. The van der Waals surface area contributed by atoms with E-state index >= 15 is 0 Å². The van der Waals surface area contributed by atoms with Gasteiger partial charge in [-0.2, -0.15) is 0 Å². The Hall–Kier alpha value is -0.0500. The summed E-state index contributed by atoms with van der Waals surface area (Å²) in [4.78, 5) is 2.65. The van der Waals surface area contributed by atoms with E-state index in [1.165, 1.54) is 15.3 Å². The number of likely N-dealkylation sites (N-methyl/N-ethyl adjacent to an activating group) is 1. The maximum absolute atomic E-state index is 6.07. The quantitative estimate of drug-likeness (QED) is 0.797. The first-order chi connectivity index (χ1) is 5.66. The highest BCUT2D eigenvalue weighted by Crippen LogP contribution is 2.31. The minimum absolute atomic E-state index is 0.950. The zero-order valence-electron chi connectivity index (χ0n) is 7.70. The monoisotopic (exact) mass is 203 g/mol. The van der Waals surface area contributed by atoms with E-state index in [-0.39, 0.29) is 0 Å². The van der Waals surface area contributed by atoms with Gasteiger partial charge in [-0.05, 0) is 39.4 Å². The molecule has 1 nitrogen and oxygen atoms in total. The molecule has 1 rings (SSSR count). The molecule has 0 fully saturated rings. The second kappa shape index (κ2) is 4.26. The summed E-state index contributed by atoms with van der Waals surface area (Å²) in [6.07, 6.45) is 1.08. The lowest BCUT2D eigenvalue weighted by atomic mass is 10.2. The van der Waals surface area contributed by atoms with Gasteiger partial charge in [-0.3, -0.25) is 0 Å². The molecule has 3 heteroatoms. The summed E-state index contributed by atoms with van der Waals surface area (Å²) < 4.78 is 0. The lowest BCUT2D eigenvalue weighted by Crippen LogP contribution is -2.09. The van der Waals surface area contributed by atoms with Crippen LogP contribution in [0.5, 0.6) is 0 Å². The summed E-state index contributed by atoms with van der Waals surface area (Å²) >= 11 is 7.88. The van der Waals surface area contributed by atoms with Gasteiger partial charge in [0.15, 0.2) is 0 Å². The zero-order chi connectivity index (χ0) is 9.14. The van der Waals surface area contributed by atoms with Crippen LogP contribution in [0.1, 0.15) is 15.3 Å². The Bertz CT molecular complexity index is 268. The number of hydrogen-bond donors (Lipinski definition) is 1. The summed E-state index contributed by atoms with van der Waals surface area (Å²) in [5.41, 5.74) is 1.26. The van der Waals surface area contributed by atoms with E-state index in [2.05, 4.69) is 19.2 Å². The number of halogens is 1. The van der Waals surface area contributed by atoms with E-state index in [0.717, 1.165) is 18.0 Å². The van der Waals surface area contributed by atoms with Gasteiger partial charge in [-0.1, -0.05) is 11.6 Å². The predicted octanol–water partition coefficient (Wildman–Crippen LogP) is 2.78. The van der Waals surface area contributed by atoms with Gasteiger partial charge < -0.3 is 5.32 Å². The predicted molar refractivity (Wildman–Crippen MR) is 56.4 cm³/mol. The van der Waals surface area contributed by atoms with Crippen LogP contribution in [-0.4, -0.2) is 13.6 Å². The molecule has 1 heterocycles. The third-order valence-corrected chi connectivity index (χ3v) is 3.88. The minimum atomic E-state index is 0.950. The Morgan fingerprint density at radius 2 is 2.08 bits per heavy atom. The van der Waals surface area contributed by atoms with Crippen molar-refractivity contribution in [1.82, 2.24) is 5.32 Å². The molecule has 0 aliphatic rings. The van der Waals surface area contributed by atoms with E-state index in [1.54, 1.807) is 0 Å². The lowest BCUT2D eigenvalue weighted by molar-refractivity contribution is 0.797. The van der Waals surface area contributed by atoms with Gasteiger partial charge in [0, 0.05) is 9.75 Å². The van der Waals surface area contributed by atoms with Crippen molar-refractivity contribution in [2.75, 3.05) is 13.6 Å². The molecule has 0 saturated carbocycles. The molecule has 0 atom stereocenters. The van der Waals surface area contributed by atoms with Gasteiger partial charge in [-0.25, -0.2) is 0 Å². The maximum atomic E-state index is 6.07. The van der Waals surface area contributed by atoms with Crippen LogP contribution in [0.15, 0.2) is 0 Å². The van der Waals surface area contributed by atoms with E-state index in [1.807, 2.05) is 18.4 Å². The van der Waals surface area contributed by atoms with Gasteiger partial charge >= 0.3 is 0 Å². The van der Waals surface area contributed by atoms with Crippen molar-refractivity contribution < 1.29 is 0 Å². The van der Waals surface area contributed by atoms with Gasteiger partial charge in [0.1, 0.15) is 0 Å². The van der Waals surface area contributed by atoms with Crippen molar-refractivity contribution in [1.29, 1.82) is 0 Å². The molecule has 0 spiro atoms. The fourth-order valence-electron chi connectivity index (χ4n) is 1.17. The Balaban J connectivity index is 2.79. The summed E-state index contributed by atoms with van der Waals surface area (Å²) in [6.45, 7) is 5.19. The fraction of sp³-hybridized carbons (Fsp3) is 0.556. The second-order valence-electron chi connectivity index (χ2n) is 2.87. The smallest absolute Gasteiger partial charge is 0.0574 e. The van der Waals surface area contributed by atoms with E-state index in [0.29, 0.717) is 0 Å². The Morgan fingerprint density at radius 3 is 2.50 bits per heavy atom. The van der Waals surface area contributed by atoms with Crippen molar-refractivity contribution in [2.24, 2.45) is 0 Å². The number of thiophene rings is 1. The van der Waals surface area contributed by atoms with Crippen LogP contribution in [0.4, 0.5) is 0 Å². The van der Waals surface area contributed by atoms with Gasteiger partial charge in [0.05, 0.1) is 5.02 Å². The average Bonchev–Trinajstić information content (AvgIpc) is 2.30. The molecular weight excluding hydrogens is 190 g/mol. The highest BCUT2D eigenvalue weighted by Gasteiger charge is 2.08. The maximum Gasteiger partial charge on any atom is 0.0574 e. The second-order valence-corrected chi connectivity index (χ2v) is 4.56. The number of rotatable bonds is 3. The third kappa shape index (κ3) is 2.00. The van der Waals surface area contributed by atoms with Crippen LogP contribution in [0.2, 0.25) is 5.02 Å². The van der Waals surface area contributed by atoms with Gasteiger partial charge in [-0.15, -0.1) is 11.3 Å². The Kier molecular flexibility index (Phi) is 3.56. The van der Waals surface area contributed by atoms with Crippen molar-refractivity contribution in [3.8, 4) is 0 Å². The first kappa shape index (κ1) is 10.0. The van der Waals surface area contributed by atoms with Crippen molar-refractivity contribution in [3.63, 3.8) is 0 Å². The molecule has 68 valence electrons. The molecular formula is C9H14ClNS. The van der Waals surface area contributed by atoms with Crippen LogP contribution < -0.4 is 5.32 Å². The molecule has 0 aromatic carbocycles. The molecule has 0 radical (unpaired) electrons. The summed E-state index contributed by atoms with van der Waals surface area (Å²) in [7, 11) is 1.97. The highest BCUT2D eigenvalue weighted by molar-refractivity contribution is 7.12. The number of nitrogens with one attached hydrogen (secondary N) is 1. The minimum Gasteiger partial charge on any atom is -0.319 e. The van der Waals surface area contributed by atoms with Crippen LogP contribution in [0, 0.1) is 13.8 Å². The normalized spacial score (nSPS) is 10.7.